The number of nitrogens with zero attached hydrogens (tertiary/aromatic N) is 3. The Hall–Kier alpha value is -1.85. The van der Waals surface area contributed by atoms with E-state index in [-0.39, 0.29) is 12.5 Å². The van der Waals surface area contributed by atoms with Gasteiger partial charge < -0.3 is 16.0 Å². The van der Waals surface area contributed by atoms with Crippen LogP contribution >= 0.6 is 0 Å². The summed E-state index contributed by atoms with van der Waals surface area (Å²) >= 11 is 0. The molecule has 6 heteroatoms. The Labute approximate surface area is 94.9 Å². The number of likely N-dealkylation sites (N-methyl/N-ethyl adjacent to an activating group) is 1. The van der Waals surface area contributed by atoms with Gasteiger partial charge in [0, 0.05) is 13.1 Å². The number of primary amides is 1. The van der Waals surface area contributed by atoms with Gasteiger partial charge in [-0.2, -0.15) is 0 Å². The van der Waals surface area contributed by atoms with Crippen LogP contribution in [0.2, 0.25) is 0 Å². The van der Waals surface area contributed by atoms with Gasteiger partial charge in [0.05, 0.1) is 18.9 Å². The summed E-state index contributed by atoms with van der Waals surface area (Å²) in [6.45, 7) is 5.51. The van der Waals surface area contributed by atoms with Crippen molar-refractivity contribution in [1.82, 2.24) is 9.97 Å². The van der Waals surface area contributed by atoms with E-state index in [0.717, 1.165) is 6.54 Å². The summed E-state index contributed by atoms with van der Waals surface area (Å²) in [5.74, 6) is 0.972. The van der Waals surface area contributed by atoms with Crippen LogP contribution in [-0.2, 0) is 4.79 Å². The maximum absolute atomic E-state index is 10.9. The zero-order chi connectivity index (χ0) is 12.0. The summed E-state index contributed by atoms with van der Waals surface area (Å²) in [6, 6.07) is 0. The molecule has 16 heavy (non-hydrogen) atoms. The molecule has 1 rings (SSSR count). The number of rotatable bonds is 6. The fourth-order valence-electron chi connectivity index (χ4n) is 1.32. The third-order valence-electron chi connectivity index (χ3n) is 2.03. The van der Waals surface area contributed by atoms with Gasteiger partial charge in [-0.1, -0.05) is 0 Å². The average Bonchev–Trinajstić information content (AvgIpc) is 2.26. The average molecular weight is 223 g/mol. The lowest BCUT2D eigenvalue weighted by atomic mass is 10.4. The highest BCUT2D eigenvalue weighted by Gasteiger charge is 2.09. The van der Waals surface area contributed by atoms with Gasteiger partial charge in [0.25, 0.3) is 0 Å². The molecule has 6 nitrogen and oxygen atoms in total. The molecule has 0 aliphatic rings. The first-order valence-corrected chi connectivity index (χ1v) is 5.26. The van der Waals surface area contributed by atoms with Crippen LogP contribution in [0.5, 0.6) is 0 Å². The highest BCUT2D eigenvalue weighted by molar-refractivity contribution is 5.79. The fourth-order valence-corrected chi connectivity index (χ4v) is 1.32. The van der Waals surface area contributed by atoms with Crippen LogP contribution in [0.15, 0.2) is 12.4 Å². The van der Waals surface area contributed by atoms with Crippen molar-refractivity contribution in [2.24, 2.45) is 5.73 Å². The van der Waals surface area contributed by atoms with Crippen LogP contribution in [0.1, 0.15) is 13.8 Å². The number of hydrogen-bond acceptors (Lipinski definition) is 5. The number of carbonyl (C=O) groups excluding carboxylic acids is 1. The van der Waals surface area contributed by atoms with Crippen LogP contribution in [0.4, 0.5) is 11.6 Å². The van der Waals surface area contributed by atoms with E-state index < -0.39 is 0 Å². The van der Waals surface area contributed by atoms with Crippen molar-refractivity contribution in [3.8, 4) is 0 Å². The smallest absolute Gasteiger partial charge is 0.236 e. The van der Waals surface area contributed by atoms with E-state index in [4.69, 9.17) is 5.73 Å². The number of nitrogens with one attached hydrogen (secondary N) is 1. The maximum atomic E-state index is 10.9. The molecule has 0 aliphatic heterocycles. The standard InChI is InChI=1S/C10H17N5O/c1-3-13-9-5-12-6-10(14-9)15(4-2)7-8(11)16/h5-6H,3-4,7H2,1-2H3,(H2,11,16)(H,13,14). The Morgan fingerprint density at radius 1 is 1.50 bits per heavy atom. The van der Waals surface area contributed by atoms with Crippen LogP contribution < -0.4 is 16.0 Å². The van der Waals surface area contributed by atoms with Crippen molar-refractivity contribution < 1.29 is 4.79 Å². The number of hydrogen-bond donors (Lipinski definition) is 2. The summed E-state index contributed by atoms with van der Waals surface area (Å²) in [7, 11) is 0. The van der Waals surface area contributed by atoms with Crippen molar-refractivity contribution in [2.45, 2.75) is 13.8 Å². The van der Waals surface area contributed by atoms with E-state index in [2.05, 4.69) is 15.3 Å². The summed E-state index contributed by atoms with van der Waals surface area (Å²) in [5, 5.41) is 3.06. The summed E-state index contributed by atoms with van der Waals surface area (Å²) in [4.78, 5) is 21.0. The van der Waals surface area contributed by atoms with Crippen molar-refractivity contribution in [2.75, 3.05) is 29.9 Å². The molecule has 0 fully saturated rings. The van der Waals surface area contributed by atoms with Crippen molar-refractivity contribution in [3.05, 3.63) is 12.4 Å². The second-order valence-electron chi connectivity index (χ2n) is 3.27. The van der Waals surface area contributed by atoms with Crippen LogP contribution in [0.25, 0.3) is 0 Å². The van der Waals surface area contributed by atoms with Crippen LogP contribution in [0.3, 0.4) is 0 Å². The van der Waals surface area contributed by atoms with E-state index in [9.17, 15) is 4.79 Å². The lowest BCUT2D eigenvalue weighted by molar-refractivity contribution is -0.116. The molecular weight excluding hydrogens is 206 g/mol. The highest BCUT2D eigenvalue weighted by atomic mass is 16.1. The molecule has 0 bridgehead atoms. The van der Waals surface area contributed by atoms with E-state index in [1.807, 2.05) is 13.8 Å². The molecule has 0 radical (unpaired) electrons. The van der Waals surface area contributed by atoms with E-state index in [1.165, 1.54) is 0 Å². The van der Waals surface area contributed by atoms with E-state index >= 15 is 0 Å². The summed E-state index contributed by atoms with van der Waals surface area (Å²) in [6.07, 6.45) is 3.26. The Morgan fingerprint density at radius 2 is 2.25 bits per heavy atom. The largest absolute Gasteiger partial charge is 0.369 e. The molecule has 0 spiro atoms. The van der Waals surface area contributed by atoms with Crippen molar-refractivity contribution >= 4 is 17.5 Å². The second kappa shape index (κ2) is 5.89. The van der Waals surface area contributed by atoms with Gasteiger partial charge in [-0.25, -0.2) is 4.98 Å². The Bertz CT molecular complexity index is 355. The first-order chi connectivity index (χ1) is 7.67. The zero-order valence-corrected chi connectivity index (χ0v) is 9.60. The Kier molecular flexibility index (Phi) is 4.50. The predicted molar refractivity (Wildman–Crippen MR) is 63.3 cm³/mol. The van der Waals surface area contributed by atoms with Crippen molar-refractivity contribution in [3.63, 3.8) is 0 Å². The van der Waals surface area contributed by atoms with Crippen LogP contribution in [-0.4, -0.2) is 35.5 Å². The number of nitrogens with two attached hydrogens (primary N) is 1. The third kappa shape index (κ3) is 3.38. The highest BCUT2D eigenvalue weighted by Crippen LogP contribution is 2.11. The quantitative estimate of drug-likeness (QED) is 0.720. The third-order valence-corrected chi connectivity index (χ3v) is 2.03. The van der Waals surface area contributed by atoms with Crippen LogP contribution in [0, 0.1) is 0 Å². The lowest BCUT2D eigenvalue weighted by Gasteiger charge is -2.20. The number of amides is 1. The van der Waals surface area contributed by atoms with Gasteiger partial charge in [-0.05, 0) is 13.8 Å². The number of carbonyl (C=O) groups is 1. The molecule has 3 N–H and O–H groups in total. The molecular formula is C10H17N5O. The molecule has 0 atom stereocenters. The Morgan fingerprint density at radius 3 is 2.81 bits per heavy atom. The van der Waals surface area contributed by atoms with Gasteiger partial charge in [0.2, 0.25) is 5.91 Å². The Balaban J connectivity index is 2.83. The summed E-state index contributed by atoms with van der Waals surface area (Å²) < 4.78 is 0. The minimum absolute atomic E-state index is 0.154. The fraction of sp³-hybridized carbons (Fsp3) is 0.500. The minimum Gasteiger partial charge on any atom is -0.369 e. The molecule has 1 aromatic rings. The van der Waals surface area contributed by atoms with E-state index in [0.29, 0.717) is 18.2 Å². The van der Waals surface area contributed by atoms with Gasteiger partial charge in [0.15, 0.2) is 0 Å². The van der Waals surface area contributed by atoms with Gasteiger partial charge >= 0.3 is 0 Å². The normalized spacial score (nSPS) is 9.88. The molecule has 88 valence electrons. The van der Waals surface area contributed by atoms with E-state index in [1.54, 1.807) is 17.3 Å². The molecule has 0 aromatic carbocycles. The first-order valence-electron chi connectivity index (χ1n) is 5.26. The van der Waals surface area contributed by atoms with Gasteiger partial charge in [0.1, 0.15) is 11.6 Å². The summed E-state index contributed by atoms with van der Waals surface area (Å²) in [5.41, 5.74) is 5.16. The molecule has 0 saturated carbocycles. The first kappa shape index (κ1) is 12.2. The number of aromatic nitrogens is 2. The second-order valence-corrected chi connectivity index (χ2v) is 3.27. The molecule has 1 heterocycles. The molecule has 0 unspecified atom stereocenters. The number of anilines is 2. The van der Waals surface area contributed by atoms with Gasteiger partial charge in [-0.15, -0.1) is 0 Å². The topological polar surface area (TPSA) is 84.1 Å². The zero-order valence-electron chi connectivity index (χ0n) is 9.60. The lowest BCUT2D eigenvalue weighted by Crippen LogP contribution is -2.34. The minimum atomic E-state index is -0.377. The predicted octanol–water partition coefficient (Wildman–Crippen LogP) is 0.220. The SMILES string of the molecule is CCNc1cncc(N(CC)CC(N)=O)n1. The molecule has 1 aromatic heterocycles. The monoisotopic (exact) mass is 223 g/mol. The molecule has 0 aliphatic carbocycles. The van der Waals surface area contributed by atoms with Gasteiger partial charge in [-0.3, -0.25) is 9.78 Å². The van der Waals surface area contributed by atoms with Crippen molar-refractivity contribution in [1.29, 1.82) is 0 Å². The maximum Gasteiger partial charge on any atom is 0.236 e. The molecule has 0 saturated heterocycles. The molecule has 1 amide bonds.